The van der Waals surface area contributed by atoms with Gasteiger partial charge in [-0.3, -0.25) is 14.5 Å². The summed E-state index contributed by atoms with van der Waals surface area (Å²) in [5.41, 5.74) is 8.63. The van der Waals surface area contributed by atoms with Crippen molar-refractivity contribution in [3.05, 3.63) is 76.5 Å². The van der Waals surface area contributed by atoms with E-state index < -0.39 is 0 Å². The zero-order chi connectivity index (χ0) is 21.8. The first-order chi connectivity index (χ1) is 15.0. The monoisotopic (exact) mass is 481 g/mol. The fourth-order valence-corrected chi connectivity index (χ4v) is 4.02. The molecule has 8 heteroatoms. The molecule has 3 N–H and O–H groups in total. The number of piperidine rings is 1. The van der Waals surface area contributed by atoms with E-state index in [-0.39, 0.29) is 17.7 Å². The van der Waals surface area contributed by atoms with Crippen molar-refractivity contribution in [1.29, 1.82) is 0 Å². The van der Waals surface area contributed by atoms with Crippen LogP contribution in [-0.2, 0) is 11.3 Å². The van der Waals surface area contributed by atoms with Crippen molar-refractivity contribution >= 4 is 33.4 Å². The van der Waals surface area contributed by atoms with Crippen LogP contribution in [0.3, 0.4) is 0 Å². The van der Waals surface area contributed by atoms with Gasteiger partial charge in [-0.2, -0.15) is 5.10 Å². The van der Waals surface area contributed by atoms with Gasteiger partial charge in [0.1, 0.15) is 0 Å². The number of likely N-dealkylation sites (tertiary alicyclic amines) is 1. The summed E-state index contributed by atoms with van der Waals surface area (Å²) in [6.45, 7) is 2.47. The Balaban J connectivity index is 1.37. The van der Waals surface area contributed by atoms with Crippen molar-refractivity contribution in [2.45, 2.75) is 19.4 Å². The van der Waals surface area contributed by atoms with Crippen LogP contribution in [0.25, 0.3) is 5.69 Å². The Morgan fingerprint density at radius 3 is 2.58 bits per heavy atom. The van der Waals surface area contributed by atoms with Crippen LogP contribution in [0.2, 0.25) is 0 Å². The van der Waals surface area contributed by atoms with Gasteiger partial charge in [0.05, 0.1) is 17.4 Å². The van der Waals surface area contributed by atoms with Crippen molar-refractivity contribution in [2.24, 2.45) is 11.7 Å². The van der Waals surface area contributed by atoms with Gasteiger partial charge in [0.15, 0.2) is 0 Å². The summed E-state index contributed by atoms with van der Waals surface area (Å²) in [5.74, 6) is -0.421. The van der Waals surface area contributed by atoms with Crippen molar-refractivity contribution in [3.63, 3.8) is 0 Å². The highest BCUT2D eigenvalue weighted by atomic mass is 79.9. The summed E-state index contributed by atoms with van der Waals surface area (Å²) in [6.07, 6.45) is 4.87. The molecule has 0 atom stereocenters. The summed E-state index contributed by atoms with van der Waals surface area (Å²) in [6, 6.07) is 15.5. The SMILES string of the molecule is NC(=O)C1CCN(Cc2cccc(NC(=O)c3cnn(-c4ccc(Br)cc4)c3)c2)CC1. The minimum absolute atomic E-state index is 0.0137. The summed E-state index contributed by atoms with van der Waals surface area (Å²) >= 11 is 3.41. The lowest BCUT2D eigenvalue weighted by atomic mass is 9.96. The molecule has 31 heavy (non-hydrogen) atoms. The summed E-state index contributed by atoms with van der Waals surface area (Å²) in [5, 5.41) is 7.25. The van der Waals surface area contributed by atoms with Crippen LogP contribution < -0.4 is 11.1 Å². The molecule has 2 aromatic carbocycles. The lowest BCUT2D eigenvalue weighted by Crippen LogP contribution is -2.38. The number of anilines is 1. The third-order valence-corrected chi connectivity index (χ3v) is 6.05. The molecule has 160 valence electrons. The zero-order valence-corrected chi connectivity index (χ0v) is 18.6. The quantitative estimate of drug-likeness (QED) is 0.562. The molecule has 0 bridgehead atoms. The second-order valence-electron chi connectivity index (χ2n) is 7.76. The van der Waals surface area contributed by atoms with Crippen molar-refractivity contribution in [3.8, 4) is 5.69 Å². The molecule has 3 aromatic rings. The molecule has 1 aromatic heterocycles. The fraction of sp³-hybridized carbons (Fsp3) is 0.261. The number of halogens is 1. The topological polar surface area (TPSA) is 93.2 Å². The van der Waals surface area contributed by atoms with Crippen LogP contribution in [-0.4, -0.2) is 39.6 Å². The largest absolute Gasteiger partial charge is 0.369 e. The maximum atomic E-state index is 12.7. The van der Waals surface area contributed by atoms with Gasteiger partial charge in [0, 0.05) is 28.8 Å². The minimum atomic E-state index is -0.206. The molecule has 7 nitrogen and oxygen atoms in total. The fourth-order valence-electron chi connectivity index (χ4n) is 3.76. The van der Waals surface area contributed by atoms with E-state index in [0.29, 0.717) is 5.56 Å². The van der Waals surface area contributed by atoms with Gasteiger partial charge < -0.3 is 11.1 Å². The average molecular weight is 482 g/mol. The number of primary amides is 1. The second kappa shape index (κ2) is 9.45. The predicted octanol–water partition coefficient (Wildman–Crippen LogP) is 3.58. The van der Waals surface area contributed by atoms with E-state index >= 15 is 0 Å². The number of hydrogen-bond donors (Lipinski definition) is 2. The van der Waals surface area contributed by atoms with Crippen LogP contribution in [0.4, 0.5) is 5.69 Å². The molecule has 1 fully saturated rings. The number of nitrogens with zero attached hydrogens (tertiary/aromatic N) is 3. The van der Waals surface area contributed by atoms with E-state index in [2.05, 4.69) is 31.2 Å². The Labute approximate surface area is 189 Å². The standard InChI is InChI=1S/C23H24BrN5O2/c24-19-4-6-21(7-5-19)29-15-18(13-26-29)23(31)27-20-3-1-2-16(12-20)14-28-10-8-17(9-11-28)22(25)30/h1-7,12-13,15,17H,8-11,14H2,(H2,25,30)(H,27,31). The number of amides is 2. The number of aromatic nitrogens is 2. The molecule has 2 amide bonds. The molecule has 2 heterocycles. The number of carbonyl (C=O) groups is 2. The number of nitrogens with two attached hydrogens (primary N) is 1. The second-order valence-corrected chi connectivity index (χ2v) is 8.67. The summed E-state index contributed by atoms with van der Waals surface area (Å²) in [4.78, 5) is 26.3. The first-order valence-electron chi connectivity index (χ1n) is 10.2. The van der Waals surface area contributed by atoms with Gasteiger partial charge in [0.2, 0.25) is 5.91 Å². The number of rotatable bonds is 6. The third kappa shape index (κ3) is 5.39. The molecule has 0 spiro atoms. The van der Waals surface area contributed by atoms with Crippen LogP contribution in [0, 0.1) is 5.92 Å². The van der Waals surface area contributed by atoms with E-state index in [4.69, 9.17) is 5.73 Å². The molecule has 0 saturated carbocycles. The summed E-state index contributed by atoms with van der Waals surface area (Å²) < 4.78 is 2.66. The van der Waals surface area contributed by atoms with E-state index in [0.717, 1.165) is 53.9 Å². The average Bonchev–Trinajstić information content (AvgIpc) is 3.25. The predicted molar refractivity (Wildman–Crippen MR) is 123 cm³/mol. The molecular weight excluding hydrogens is 458 g/mol. The zero-order valence-electron chi connectivity index (χ0n) is 17.0. The highest BCUT2D eigenvalue weighted by molar-refractivity contribution is 9.10. The molecule has 1 aliphatic heterocycles. The van der Waals surface area contributed by atoms with E-state index in [1.807, 2.05) is 48.5 Å². The van der Waals surface area contributed by atoms with Crippen molar-refractivity contribution in [1.82, 2.24) is 14.7 Å². The van der Waals surface area contributed by atoms with Crippen molar-refractivity contribution in [2.75, 3.05) is 18.4 Å². The van der Waals surface area contributed by atoms with Gasteiger partial charge in [-0.1, -0.05) is 28.1 Å². The Morgan fingerprint density at radius 2 is 1.87 bits per heavy atom. The molecule has 0 aliphatic carbocycles. The molecule has 1 aliphatic rings. The molecule has 4 rings (SSSR count). The molecule has 0 radical (unpaired) electrons. The van der Waals surface area contributed by atoms with Crippen LogP contribution in [0.15, 0.2) is 65.4 Å². The smallest absolute Gasteiger partial charge is 0.258 e. The lowest BCUT2D eigenvalue weighted by molar-refractivity contribution is -0.123. The van der Waals surface area contributed by atoms with E-state index in [9.17, 15) is 9.59 Å². The van der Waals surface area contributed by atoms with Gasteiger partial charge in [-0.25, -0.2) is 4.68 Å². The number of nitrogens with one attached hydrogen (secondary N) is 1. The highest BCUT2D eigenvalue weighted by Gasteiger charge is 2.23. The van der Waals surface area contributed by atoms with Crippen LogP contribution in [0.5, 0.6) is 0 Å². The van der Waals surface area contributed by atoms with Gasteiger partial charge in [-0.15, -0.1) is 0 Å². The third-order valence-electron chi connectivity index (χ3n) is 5.52. The molecular formula is C23H24BrN5O2. The minimum Gasteiger partial charge on any atom is -0.369 e. The highest BCUT2D eigenvalue weighted by Crippen LogP contribution is 2.20. The first kappa shape index (κ1) is 21.3. The number of benzene rings is 2. The summed E-state index contributed by atoms with van der Waals surface area (Å²) in [7, 11) is 0. The Morgan fingerprint density at radius 1 is 1.13 bits per heavy atom. The van der Waals surface area contributed by atoms with Gasteiger partial charge in [0.25, 0.3) is 5.91 Å². The van der Waals surface area contributed by atoms with E-state index in [1.165, 1.54) is 0 Å². The number of hydrogen-bond acceptors (Lipinski definition) is 4. The molecule has 0 unspecified atom stereocenters. The Bertz CT molecular complexity index is 1070. The number of carbonyl (C=O) groups excluding carboxylic acids is 2. The maximum Gasteiger partial charge on any atom is 0.258 e. The Hall–Kier alpha value is -2.97. The first-order valence-corrected chi connectivity index (χ1v) is 11.0. The lowest BCUT2D eigenvalue weighted by Gasteiger charge is -2.30. The molecule has 1 saturated heterocycles. The van der Waals surface area contributed by atoms with Gasteiger partial charge >= 0.3 is 0 Å². The van der Waals surface area contributed by atoms with E-state index in [1.54, 1.807) is 17.1 Å². The van der Waals surface area contributed by atoms with Gasteiger partial charge in [-0.05, 0) is 67.9 Å². The maximum absolute atomic E-state index is 12.7. The Kier molecular flexibility index (Phi) is 6.48. The van der Waals surface area contributed by atoms with Crippen LogP contribution in [0.1, 0.15) is 28.8 Å². The normalized spacial score (nSPS) is 15.0. The van der Waals surface area contributed by atoms with Crippen LogP contribution >= 0.6 is 15.9 Å². The van der Waals surface area contributed by atoms with Crippen molar-refractivity contribution < 1.29 is 9.59 Å².